The van der Waals surface area contributed by atoms with Crippen LogP contribution in [0.15, 0.2) is 55.2 Å². The Kier molecular flexibility index (Phi) is 6.99. The molecule has 0 spiro atoms. The maximum atomic E-state index is 12.8. The first-order valence-corrected chi connectivity index (χ1v) is 10.0. The largest absolute Gasteiger partial charge is 0.490 e. The summed E-state index contributed by atoms with van der Waals surface area (Å²) in [4.78, 5) is 35.0. The van der Waals surface area contributed by atoms with E-state index in [0.29, 0.717) is 23.4 Å². The fraction of sp³-hybridized carbons (Fsp3) is 0.227. The summed E-state index contributed by atoms with van der Waals surface area (Å²) in [5, 5.41) is 9.94. The van der Waals surface area contributed by atoms with Crippen LogP contribution in [0.1, 0.15) is 35.9 Å². The Hall–Kier alpha value is -4.22. The van der Waals surface area contributed by atoms with Gasteiger partial charge in [0.2, 0.25) is 0 Å². The standard InChI is InChI=1S/C20H20N6O.C2HF3O2/c1-13(2)25-11-15(22-12-25)19-24-18(16-6-4-5-9-26(16)19)20(27)23-17-8-7-14(3)10-21-17;3-2(4,5)1(6)7/h4-13H,1-3H3,(H,21,23,27);(H,6,7). The van der Waals surface area contributed by atoms with Gasteiger partial charge in [0.25, 0.3) is 5.91 Å². The Balaban J connectivity index is 0.000000406. The third kappa shape index (κ3) is 5.57. The van der Waals surface area contributed by atoms with Crippen LogP contribution >= 0.6 is 0 Å². The van der Waals surface area contributed by atoms with Gasteiger partial charge in [-0.25, -0.2) is 19.7 Å². The van der Waals surface area contributed by atoms with Gasteiger partial charge in [-0.3, -0.25) is 9.20 Å². The van der Waals surface area contributed by atoms with E-state index in [1.807, 2.05) is 52.6 Å². The van der Waals surface area contributed by atoms with E-state index < -0.39 is 12.1 Å². The molecule has 34 heavy (non-hydrogen) atoms. The number of nitrogens with zero attached hydrogens (tertiary/aromatic N) is 5. The van der Waals surface area contributed by atoms with Gasteiger partial charge in [0, 0.05) is 24.6 Å². The molecule has 9 nitrogen and oxygen atoms in total. The average Bonchev–Trinajstić information content (AvgIpc) is 3.40. The van der Waals surface area contributed by atoms with Crippen molar-refractivity contribution in [3.63, 3.8) is 0 Å². The molecule has 0 fully saturated rings. The Morgan fingerprint density at radius 1 is 1.12 bits per heavy atom. The maximum Gasteiger partial charge on any atom is 0.490 e. The highest BCUT2D eigenvalue weighted by Gasteiger charge is 2.38. The van der Waals surface area contributed by atoms with Crippen LogP contribution in [0.5, 0.6) is 0 Å². The van der Waals surface area contributed by atoms with Gasteiger partial charge >= 0.3 is 12.1 Å². The fourth-order valence-electron chi connectivity index (χ4n) is 2.84. The van der Waals surface area contributed by atoms with Crippen LogP contribution in [0, 0.1) is 6.92 Å². The van der Waals surface area contributed by atoms with E-state index >= 15 is 0 Å². The van der Waals surface area contributed by atoms with Crippen molar-refractivity contribution in [2.24, 2.45) is 0 Å². The molecule has 0 aliphatic carbocycles. The van der Waals surface area contributed by atoms with Crippen molar-refractivity contribution in [1.82, 2.24) is 23.9 Å². The van der Waals surface area contributed by atoms with Gasteiger partial charge in [-0.2, -0.15) is 13.2 Å². The molecule has 4 heterocycles. The number of fused-ring (bicyclic) bond motifs is 1. The van der Waals surface area contributed by atoms with E-state index in [1.54, 1.807) is 18.6 Å². The van der Waals surface area contributed by atoms with Gasteiger partial charge in [0.15, 0.2) is 11.5 Å². The molecule has 2 N–H and O–H groups in total. The number of rotatable bonds is 4. The topological polar surface area (TPSA) is 114 Å². The molecule has 0 bridgehead atoms. The monoisotopic (exact) mass is 474 g/mol. The van der Waals surface area contributed by atoms with Crippen LogP contribution in [0.25, 0.3) is 17.0 Å². The van der Waals surface area contributed by atoms with Crippen molar-refractivity contribution in [1.29, 1.82) is 0 Å². The third-order valence-electron chi connectivity index (χ3n) is 4.59. The molecule has 12 heteroatoms. The van der Waals surface area contributed by atoms with E-state index in [1.165, 1.54) is 0 Å². The van der Waals surface area contributed by atoms with E-state index in [0.717, 1.165) is 16.8 Å². The smallest absolute Gasteiger partial charge is 0.475 e. The van der Waals surface area contributed by atoms with Crippen molar-refractivity contribution in [2.45, 2.75) is 33.0 Å². The summed E-state index contributed by atoms with van der Waals surface area (Å²) in [5.74, 6) is -1.93. The number of hydrogen-bond acceptors (Lipinski definition) is 5. The summed E-state index contributed by atoms with van der Waals surface area (Å²) in [6.45, 7) is 6.12. The van der Waals surface area contributed by atoms with Crippen molar-refractivity contribution in [2.75, 3.05) is 5.32 Å². The van der Waals surface area contributed by atoms with Gasteiger partial charge in [-0.1, -0.05) is 12.1 Å². The number of alkyl halides is 3. The summed E-state index contributed by atoms with van der Waals surface area (Å²) < 4.78 is 35.6. The van der Waals surface area contributed by atoms with E-state index in [4.69, 9.17) is 9.90 Å². The number of amides is 1. The molecule has 0 radical (unpaired) electrons. The zero-order valence-electron chi connectivity index (χ0n) is 18.4. The first-order valence-electron chi connectivity index (χ1n) is 10.0. The zero-order chi connectivity index (χ0) is 25.0. The minimum absolute atomic E-state index is 0.299. The highest BCUT2D eigenvalue weighted by molar-refractivity contribution is 6.07. The van der Waals surface area contributed by atoms with Crippen molar-refractivity contribution in [3.8, 4) is 11.5 Å². The molecule has 0 aromatic carbocycles. The Morgan fingerprint density at radius 2 is 1.82 bits per heavy atom. The normalized spacial score (nSPS) is 11.3. The van der Waals surface area contributed by atoms with Crippen LogP contribution in [0.2, 0.25) is 0 Å². The second-order valence-electron chi connectivity index (χ2n) is 7.52. The quantitative estimate of drug-likeness (QED) is 0.454. The second-order valence-corrected chi connectivity index (χ2v) is 7.52. The summed E-state index contributed by atoms with van der Waals surface area (Å²) in [7, 11) is 0. The molecular formula is C22H21F3N6O3. The number of anilines is 1. The van der Waals surface area contributed by atoms with Gasteiger partial charge in [-0.15, -0.1) is 0 Å². The molecular weight excluding hydrogens is 453 g/mol. The van der Waals surface area contributed by atoms with Crippen molar-refractivity contribution >= 4 is 23.2 Å². The predicted octanol–water partition coefficient (Wildman–Crippen LogP) is 4.37. The lowest BCUT2D eigenvalue weighted by Crippen LogP contribution is -2.21. The molecule has 4 rings (SSSR count). The lowest BCUT2D eigenvalue weighted by Gasteiger charge is -2.03. The highest BCUT2D eigenvalue weighted by atomic mass is 19.4. The number of carboxylic acids is 1. The maximum absolute atomic E-state index is 12.8. The van der Waals surface area contributed by atoms with Crippen LogP contribution in [0.4, 0.5) is 19.0 Å². The first-order chi connectivity index (χ1) is 16.0. The minimum atomic E-state index is -5.08. The lowest BCUT2D eigenvalue weighted by atomic mass is 10.3. The average molecular weight is 474 g/mol. The minimum Gasteiger partial charge on any atom is -0.475 e. The number of carbonyl (C=O) groups is 2. The fourth-order valence-corrected chi connectivity index (χ4v) is 2.84. The number of carbonyl (C=O) groups excluding carboxylic acids is 1. The molecule has 1 amide bonds. The third-order valence-corrected chi connectivity index (χ3v) is 4.59. The molecule has 0 aliphatic rings. The van der Waals surface area contributed by atoms with Gasteiger partial charge < -0.3 is 15.0 Å². The number of hydrogen-bond donors (Lipinski definition) is 2. The van der Waals surface area contributed by atoms with E-state index in [-0.39, 0.29) is 5.91 Å². The van der Waals surface area contributed by atoms with Crippen LogP contribution in [-0.2, 0) is 4.79 Å². The molecule has 0 saturated heterocycles. The number of pyridine rings is 2. The summed E-state index contributed by atoms with van der Waals surface area (Å²) >= 11 is 0. The number of carboxylic acid groups (broad SMARTS) is 1. The lowest BCUT2D eigenvalue weighted by molar-refractivity contribution is -0.192. The number of nitrogens with one attached hydrogen (secondary N) is 1. The summed E-state index contributed by atoms with van der Waals surface area (Å²) in [5.41, 5.74) is 2.81. The molecule has 0 aliphatic heterocycles. The molecule has 0 saturated carbocycles. The Bertz CT molecular complexity index is 1310. The van der Waals surface area contributed by atoms with Gasteiger partial charge in [0.05, 0.1) is 11.8 Å². The van der Waals surface area contributed by atoms with Crippen LogP contribution in [0.3, 0.4) is 0 Å². The molecule has 178 valence electrons. The Labute approximate surface area is 191 Å². The van der Waals surface area contributed by atoms with E-state index in [2.05, 4.69) is 34.1 Å². The Morgan fingerprint density at radius 3 is 2.38 bits per heavy atom. The van der Waals surface area contributed by atoms with Crippen LogP contribution in [-0.4, -0.2) is 47.1 Å². The van der Waals surface area contributed by atoms with Crippen LogP contribution < -0.4 is 5.32 Å². The van der Waals surface area contributed by atoms with Crippen molar-refractivity contribution < 1.29 is 27.9 Å². The highest BCUT2D eigenvalue weighted by Crippen LogP contribution is 2.23. The summed E-state index contributed by atoms with van der Waals surface area (Å²) in [6.07, 6.45) is 2.23. The molecule has 0 atom stereocenters. The predicted molar refractivity (Wildman–Crippen MR) is 117 cm³/mol. The first kappa shape index (κ1) is 24.4. The van der Waals surface area contributed by atoms with Gasteiger partial charge in [0.1, 0.15) is 11.5 Å². The number of aromatic nitrogens is 5. The number of aliphatic carboxylic acids is 1. The molecule has 4 aromatic rings. The zero-order valence-corrected chi connectivity index (χ0v) is 18.4. The van der Waals surface area contributed by atoms with Gasteiger partial charge in [-0.05, 0) is 44.5 Å². The molecule has 4 aromatic heterocycles. The number of halogens is 3. The SMILES string of the molecule is Cc1ccc(NC(=O)c2nc(-c3cn(C(C)C)cn3)n3ccccc23)nc1.O=C(O)C(F)(F)F. The van der Waals surface area contributed by atoms with Crippen molar-refractivity contribution in [3.05, 3.63) is 66.5 Å². The number of aryl methyl sites for hydroxylation is 1. The van der Waals surface area contributed by atoms with E-state index in [9.17, 15) is 18.0 Å². The molecule has 0 unspecified atom stereocenters. The summed E-state index contributed by atoms with van der Waals surface area (Å²) in [6, 6.07) is 9.63. The second kappa shape index (κ2) is 9.73. The number of imidazole rings is 2.